The number of nitrogens with one attached hydrogen (secondary N) is 1. The molecule has 1 aromatic heterocycles. The summed E-state index contributed by atoms with van der Waals surface area (Å²) in [5.41, 5.74) is 0.788. The maximum atomic E-state index is 13.0. The minimum Gasteiger partial charge on any atom is -0.385 e. The van der Waals surface area contributed by atoms with Crippen LogP contribution in [0.2, 0.25) is 0 Å². The van der Waals surface area contributed by atoms with Crippen molar-refractivity contribution >= 4 is 11.8 Å². The van der Waals surface area contributed by atoms with Crippen molar-refractivity contribution in [2.24, 2.45) is 5.41 Å². The van der Waals surface area contributed by atoms with Crippen LogP contribution in [0.5, 0.6) is 0 Å². The lowest BCUT2D eigenvalue weighted by atomic mass is 9.78. The van der Waals surface area contributed by atoms with Crippen molar-refractivity contribution in [1.82, 2.24) is 20.0 Å². The Morgan fingerprint density at radius 3 is 3.00 bits per heavy atom. The summed E-state index contributed by atoms with van der Waals surface area (Å²) in [6.45, 7) is 3.58. The fraction of sp³-hybridized carbons (Fsp3) is 0.737. The van der Waals surface area contributed by atoms with Gasteiger partial charge in [-0.25, -0.2) is 0 Å². The molecule has 1 spiro atoms. The van der Waals surface area contributed by atoms with Gasteiger partial charge in [-0.2, -0.15) is 5.10 Å². The smallest absolute Gasteiger partial charge is 0.230 e. The molecule has 2 aliphatic heterocycles. The van der Waals surface area contributed by atoms with E-state index in [4.69, 9.17) is 4.74 Å². The zero-order chi connectivity index (χ0) is 18.4. The maximum Gasteiger partial charge on any atom is 0.230 e. The normalized spacial score (nSPS) is 23.2. The number of piperidine rings is 1. The standard InChI is InChI=1S/C19H30N4O3/c1-26-12-4-10-22-9-3-7-19(18(22)25)8-11-23(15-19)17(24)6-2-5-16-13-20-21-14-16/h13-14H,2-12,15H2,1H3,(H,20,21). The monoisotopic (exact) mass is 362 g/mol. The quantitative estimate of drug-likeness (QED) is 0.713. The Morgan fingerprint density at radius 2 is 2.23 bits per heavy atom. The van der Waals surface area contributed by atoms with Gasteiger partial charge in [-0.3, -0.25) is 14.7 Å². The molecule has 3 rings (SSSR count). The van der Waals surface area contributed by atoms with Gasteiger partial charge in [0, 0.05) is 52.5 Å². The third-order valence-electron chi connectivity index (χ3n) is 5.72. The fourth-order valence-electron chi connectivity index (χ4n) is 4.25. The van der Waals surface area contributed by atoms with Gasteiger partial charge >= 0.3 is 0 Å². The highest BCUT2D eigenvalue weighted by molar-refractivity contribution is 5.86. The maximum absolute atomic E-state index is 13.0. The van der Waals surface area contributed by atoms with Crippen molar-refractivity contribution < 1.29 is 14.3 Å². The first kappa shape index (κ1) is 18.9. The molecular formula is C19H30N4O3. The Labute approximate surface area is 155 Å². The minimum atomic E-state index is -0.342. The predicted molar refractivity (Wildman–Crippen MR) is 97.5 cm³/mol. The zero-order valence-electron chi connectivity index (χ0n) is 15.7. The van der Waals surface area contributed by atoms with Crippen LogP contribution in [-0.2, 0) is 20.7 Å². The summed E-state index contributed by atoms with van der Waals surface area (Å²) in [6.07, 6.45) is 9.49. The second-order valence-electron chi connectivity index (χ2n) is 7.55. The molecule has 26 heavy (non-hydrogen) atoms. The molecule has 1 aromatic rings. The van der Waals surface area contributed by atoms with Crippen molar-refractivity contribution in [1.29, 1.82) is 0 Å². The lowest BCUT2D eigenvalue weighted by Crippen LogP contribution is -2.50. The van der Waals surface area contributed by atoms with Crippen LogP contribution < -0.4 is 0 Å². The summed E-state index contributed by atoms with van der Waals surface area (Å²) < 4.78 is 5.10. The average Bonchev–Trinajstić information content (AvgIpc) is 3.30. The Kier molecular flexibility index (Phi) is 6.29. The number of carbonyl (C=O) groups is 2. The number of hydrogen-bond acceptors (Lipinski definition) is 4. The van der Waals surface area contributed by atoms with E-state index in [1.807, 2.05) is 16.0 Å². The number of likely N-dealkylation sites (tertiary alicyclic amines) is 2. The van der Waals surface area contributed by atoms with Gasteiger partial charge < -0.3 is 14.5 Å². The van der Waals surface area contributed by atoms with Crippen molar-refractivity contribution in [3.8, 4) is 0 Å². The summed E-state index contributed by atoms with van der Waals surface area (Å²) >= 11 is 0. The number of hydrogen-bond donors (Lipinski definition) is 1. The Hall–Kier alpha value is -1.89. The van der Waals surface area contributed by atoms with Gasteiger partial charge in [0.05, 0.1) is 11.6 Å². The molecule has 7 heteroatoms. The number of H-pyrrole nitrogens is 1. The lowest BCUT2D eigenvalue weighted by molar-refractivity contribution is -0.146. The molecule has 1 atom stereocenters. The van der Waals surface area contributed by atoms with E-state index in [0.29, 0.717) is 26.1 Å². The van der Waals surface area contributed by atoms with Crippen LogP contribution >= 0.6 is 0 Å². The molecule has 0 aromatic carbocycles. The van der Waals surface area contributed by atoms with E-state index in [0.717, 1.165) is 57.2 Å². The van der Waals surface area contributed by atoms with Gasteiger partial charge in [0.2, 0.25) is 11.8 Å². The molecule has 1 N–H and O–H groups in total. The van der Waals surface area contributed by atoms with Gasteiger partial charge in [-0.1, -0.05) is 0 Å². The first-order valence-electron chi connectivity index (χ1n) is 9.68. The summed E-state index contributed by atoms with van der Waals surface area (Å²) in [7, 11) is 1.69. The van der Waals surface area contributed by atoms with Crippen molar-refractivity contribution in [2.75, 3.05) is 39.9 Å². The van der Waals surface area contributed by atoms with Crippen molar-refractivity contribution in [3.63, 3.8) is 0 Å². The highest BCUT2D eigenvalue weighted by atomic mass is 16.5. The van der Waals surface area contributed by atoms with E-state index in [-0.39, 0.29) is 17.2 Å². The van der Waals surface area contributed by atoms with Crippen LogP contribution in [-0.4, -0.2) is 71.7 Å². The first-order valence-corrected chi connectivity index (χ1v) is 9.68. The number of carbonyl (C=O) groups excluding carboxylic acids is 2. The van der Waals surface area contributed by atoms with E-state index < -0.39 is 0 Å². The molecule has 0 aliphatic carbocycles. The number of aromatic amines is 1. The van der Waals surface area contributed by atoms with Crippen molar-refractivity contribution in [3.05, 3.63) is 18.0 Å². The molecule has 2 fully saturated rings. The average molecular weight is 362 g/mol. The summed E-state index contributed by atoms with van der Waals surface area (Å²) in [4.78, 5) is 29.5. The number of amides is 2. The molecule has 144 valence electrons. The van der Waals surface area contributed by atoms with Gasteiger partial charge in [-0.05, 0) is 44.1 Å². The third-order valence-corrected chi connectivity index (χ3v) is 5.72. The van der Waals surface area contributed by atoms with E-state index in [9.17, 15) is 9.59 Å². The van der Waals surface area contributed by atoms with Gasteiger partial charge in [0.15, 0.2) is 0 Å². The molecule has 0 radical (unpaired) electrons. The van der Waals surface area contributed by atoms with Crippen LogP contribution in [0.3, 0.4) is 0 Å². The Morgan fingerprint density at radius 1 is 1.35 bits per heavy atom. The number of methoxy groups -OCH3 is 1. The van der Waals surface area contributed by atoms with Crippen LogP contribution in [0.25, 0.3) is 0 Å². The molecular weight excluding hydrogens is 332 g/mol. The topological polar surface area (TPSA) is 78.5 Å². The SMILES string of the molecule is COCCCN1CCCC2(CCN(C(=O)CCCc3cn[nH]c3)C2)C1=O. The van der Waals surface area contributed by atoms with E-state index in [2.05, 4.69) is 10.2 Å². The van der Waals surface area contributed by atoms with E-state index in [1.165, 1.54) is 0 Å². The van der Waals surface area contributed by atoms with Crippen LogP contribution in [0.4, 0.5) is 0 Å². The van der Waals surface area contributed by atoms with Crippen LogP contribution in [0, 0.1) is 5.41 Å². The van der Waals surface area contributed by atoms with E-state index >= 15 is 0 Å². The highest BCUT2D eigenvalue weighted by Crippen LogP contribution is 2.40. The number of aryl methyl sites for hydroxylation is 1. The van der Waals surface area contributed by atoms with Gasteiger partial charge in [0.1, 0.15) is 0 Å². The molecule has 2 saturated heterocycles. The Bertz CT molecular complexity index is 604. The minimum absolute atomic E-state index is 0.176. The van der Waals surface area contributed by atoms with Crippen LogP contribution in [0.15, 0.2) is 12.4 Å². The van der Waals surface area contributed by atoms with Gasteiger partial charge in [0.25, 0.3) is 0 Å². The number of ether oxygens (including phenoxy) is 1. The Balaban J connectivity index is 1.49. The molecule has 0 saturated carbocycles. The second-order valence-corrected chi connectivity index (χ2v) is 7.55. The zero-order valence-corrected chi connectivity index (χ0v) is 15.7. The third kappa shape index (κ3) is 4.26. The molecule has 3 heterocycles. The number of rotatable bonds is 8. The van der Waals surface area contributed by atoms with Gasteiger partial charge in [-0.15, -0.1) is 0 Å². The molecule has 0 bridgehead atoms. The summed E-state index contributed by atoms with van der Waals surface area (Å²) in [6, 6.07) is 0. The summed E-state index contributed by atoms with van der Waals surface area (Å²) in [5.74, 6) is 0.420. The van der Waals surface area contributed by atoms with Crippen LogP contribution in [0.1, 0.15) is 44.1 Å². The second kappa shape index (κ2) is 8.66. The molecule has 7 nitrogen and oxygen atoms in total. The molecule has 2 aliphatic rings. The largest absolute Gasteiger partial charge is 0.385 e. The van der Waals surface area contributed by atoms with Crippen molar-refractivity contribution in [2.45, 2.75) is 44.9 Å². The lowest BCUT2D eigenvalue weighted by Gasteiger charge is -2.39. The predicted octanol–water partition coefficient (Wildman–Crippen LogP) is 1.61. The molecule has 1 unspecified atom stereocenters. The number of nitrogens with zero attached hydrogens (tertiary/aromatic N) is 3. The molecule has 2 amide bonds. The summed E-state index contributed by atoms with van der Waals surface area (Å²) in [5, 5.41) is 6.72. The number of aromatic nitrogens is 2. The van der Waals surface area contributed by atoms with E-state index in [1.54, 1.807) is 13.3 Å². The highest BCUT2D eigenvalue weighted by Gasteiger charge is 2.49. The first-order chi connectivity index (χ1) is 12.6. The fourth-order valence-corrected chi connectivity index (χ4v) is 4.25.